The number of hydrogen-bond donors (Lipinski definition) is 0. The minimum absolute atomic E-state index is 0.00507. The van der Waals surface area contributed by atoms with Gasteiger partial charge in [0.2, 0.25) is 0 Å². The van der Waals surface area contributed by atoms with Crippen LogP contribution in [-0.2, 0) is 9.53 Å². The van der Waals surface area contributed by atoms with Crippen LogP contribution in [0.4, 0.5) is 0 Å². The Balaban J connectivity index is 1.93. The van der Waals surface area contributed by atoms with Gasteiger partial charge in [-0.05, 0) is 114 Å². The van der Waals surface area contributed by atoms with E-state index in [1.807, 2.05) is 6.92 Å². The lowest BCUT2D eigenvalue weighted by atomic mass is 9.83. The van der Waals surface area contributed by atoms with Gasteiger partial charge in [0.25, 0.3) is 0 Å². The van der Waals surface area contributed by atoms with Crippen molar-refractivity contribution < 1.29 is 14.3 Å². The highest BCUT2D eigenvalue weighted by Gasteiger charge is 2.39. The summed E-state index contributed by atoms with van der Waals surface area (Å²) in [5.41, 5.74) is 6.31. The first-order chi connectivity index (χ1) is 14.3. The van der Waals surface area contributed by atoms with Gasteiger partial charge < -0.3 is 9.47 Å². The molecule has 0 spiro atoms. The van der Waals surface area contributed by atoms with Gasteiger partial charge in [0.1, 0.15) is 11.9 Å². The SMILES string of the molecule is CC[C@H](Oc1cc([C@H](C2CC2)[C@H](C)C(=O)OC)ccc1I)c1cc(C)c(C)cc1C. The molecule has 162 valence electrons. The molecule has 0 bridgehead atoms. The maximum atomic E-state index is 12.3. The predicted molar refractivity (Wildman–Crippen MR) is 130 cm³/mol. The summed E-state index contributed by atoms with van der Waals surface area (Å²) in [5.74, 6) is 1.35. The summed E-state index contributed by atoms with van der Waals surface area (Å²) < 4.78 is 12.7. The summed E-state index contributed by atoms with van der Waals surface area (Å²) in [6.45, 7) is 10.6. The average Bonchev–Trinajstić information content (AvgIpc) is 3.55. The molecule has 1 fully saturated rings. The van der Waals surface area contributed by atoms with Crippen LogP contribution < -0.4 is 4.74 Å². The lowest BCUT2D eigenvalue weighted by Gasteiger charge is -2.25. The van der Waals surface area contributed by atoms with E-state index in [9.17, 15) is 4.79 Å². The van der Waals surface area contributed by atoms with Crippen molar-refractivity contribution in [2.45, 2.75) is 65.9 Å². The van der Waals surface area contributed by atoms with Gasteiger partial charge in [0.15, 0.2) is 0 Å². The Bertz CT molecular complexity index is 917. The van der Waals surface area contributed by atoms with Gasteiger partial charge in [-0.2, -0.15) is 0 Å². The third-order valence-electron chi connectivity index (χ3n) is 6.45. The summed E-state index contributed by atoms with van der Waals surface area (Å²) >= 11 is 2.34. The van der Waals surface area contributed by atoms with Crippen LogP contribution in [0.25, 0.3) is 0 Å². The minimum Gasteiger partial charge on any atom is -0.485 e. The number of hydrogen-bond acceptors (Lipinski definition) is 3. The van der Waals surface area contributed by atoms with E-state index in [0.29, 0.717) is 5.92 Å². The van der Waals surface area contributed by atoms with Crippen molar-refractivity contribution in [1.29, 1.82) is 0 Å². The van der Waals surface area contributed by atoms with Gasteiger partial charge in [0.05, 0.1) is 16.6 Å². The zero-order chi connectivity index (χ0) is 22.0. The lowest BCUT2D eigenvalue weighted by Crippen LogP contribution is -2.22. The Morgan fingerprint density at radius 3 is 2.37 bits per heavy atom. The van der Waals surface area contributed by atoms with E-state index in [1.54, 1.807) is 0 Å². The van der Waals surface area contributed by atoms with Crippen LogP contribution in [0.3, 0.4) is 0 Å². The fourth-order valence-electron chi connectivity index (χ4n) is 4.42. The van der Waals surface area contributed by atoms with Gasteiger partial charge in [-0.1, -0.05) is 32.0 Å². The Morgan fingerprint density at radius 2 is 1.77 bits per heavy atom. The number of carbonyl (C=O) groups excluding carboxylic acids is 1. The van der Waals surface area contributed by atoms with Crippen LogP contribution in [0.1, 0.15) is 72.9 Å². The van der Waals surface area contributed by atoms with Crippen molar-refractivity contribution in [2.75, 3.05) is 7.11 Å². The molecule has 2 aromatic carbocycles. The molecule has 0 aliphatic heterocycles. The molecule has 0 amide bonds. The quantitative estimate of drug-likeness (QED) is 0.277. The minimum atomic E-state index is -0.153. The van der Waals surface area contributed by atoms with Gasteiger partial charge >= 0.3 is 5.97 Å². The van der Waals surface area contributed by atoms with E-state index < -0.39 is 0 Å². The molecule has 0 unspecified atom stereocenters. The van der Waals surface area contributed by atoms with E-state index >= 15 is 0 Å². The number of benzene rings is 2. The molecule has 0 aromatic heterocycles. The molecule has 1 aliphatic rings. The van der Waals surface area contributed by atoms with Crippen LogP contribution in [0.5, 0.6) is 5.75 Å². The van der Waals surface area contributed by atoms with Gasteiger partial charge in [0, 0.05) is 0 Å². The number of rotatable bonds is 8. The predicted octanol–water partition coefficient (Wildman–Crippen LogP) is 7.05. The second-order valence-electron chi connectivity index (χ2n) is 8.67. The molecule has 0 heterocycles. The van der Waals surface area contributed by atoms with Gasteiger partial charge in [-0.3, -0.25) is 4.79 Å². The maximum Gasteiger partial charge on any atom is 0.309 e. The number of carbonyl (C=O) groups is 1. The summed E-state index contributed by atoms with van der Waals surface area (Å²) in [6, 6.07) is 10.9. The van der Waals surface area contributed by atoms with Crippen LogP contribution in [0.15, 0.2) is 30.3 Å². The van der Waals surface area contributed by atoms with E-state index in [1.165, 1.54) is 47.8 Å². The number of esters is 1. The van der Waals surface area contributed by atoms with Crippen LogP contribution in [-0.4, -0.2) is 13.1 Å². The molecule has 0 radical (unpaired) electrons. The second-order valence-corrected chi connectivity index (χ2v) is 9.83. The Labute approximate surface area is 194 Å². The van der Waals surface area contributed by atoms with Crippen molar-refractivity contribution >= 4 is 28.6 Å². The van der Waals surface area contributed by atoms with Crippen LogP contribution in [0.2, 0.25) is 0 Å². The molecule has 3 atom stereocenters. The van der Waals surface area contributed by atoms with Crippen molar-refractivity contribution in [1.82, 2.24) is 0 Å². The number of methoxy groups -OCH3 is 1. The molecule has 2 aromatic rings. The Kier molecular flexibility index (Phi) is 7.48. The maximum absolute atomic E-state index is 12.3. The van der Waals surface area contributed by atoms with E-state index in [4.69, 9.17) is 9.47 Å². The highest BCUT2D eigenvalue weighted by atomic mass is 127. The standard InChI is InChI=1S/C26H33IO3/c1-7-23(21-13-16(3)15(2)12-17(21)4)30-24-14-20(10-11-22(24)27)25(19-8-9-19)18(5)26(28)29-6/h10-14,18-19,23,25H,7-9H2,1-6H3/t18-,23-,25-/m0/s1. The summed E-state index contributed by atoms with van der Waals surface area (Å²) in [7, 11) is 1.48. The first-order valence-corrected chi connectivity index (χ1v) is 12.0. The molecule has 3 rings (SSSR count). The second kappa shape index (κ2) is 9.71. The van der Waals surface area contributed by atoms with E-state index in [2.05, 4.69) is 80.6 Å². The molecule has 3 nitrogen and oxygen atoms in total. The highest BCUT2D eigenvalue weighted by molar-refractivity contribution is 14.1. The van der Waals surface area contributed by atoms with Gasteiger partial charge in [-0.15, -0.1) is 0 Å². The van der Waals surface area contributed by atoms with Crippen LogP contribution in [0, 0.1) is 36.2 Å². The lowest BCUT2D eigenvalue weighted by molar-refractivity contribution is -0.145. The summed E-state index contributed by atoms with van der Waals surface area (Å²) in [5, 5.41) is 0. The molecule has 30 heavy (non-hydrogen) atoms. The molecule has 1 aliphatic carbocycles. The summed E-state index contributed by atoms with van der Waals surface area (Å²) in [4.78, 5) is 12.3. The molecule has 4 heteroatoms. The fraction of sp³-hybridized carbons (Fsp3) is 0.500. The Morgan fingerprint density at radius 1 is 1.10 bits per heavy atom. The van der Waals surface area contributed by atoms with Gasteiger partial charge in [-0.25, -0.2) is 0 Å². The molecular weight excluding hydrogens is 487 g/mol. The topological polar surface area (TPSA) is 35.5 Å². The average molecular weight is 520 g/mol. The van der Waals surface area contributed by atoms with Crippen LogP contribution >= 0.6 is 22.6 Å². The molecule has 1 saturated carbocycles. The fourth-order valence-corrected chi connectivity index (χ4v) is 4.89. The monoisotopic (exact) mass is 520 g/mol. The Hall–Kier alpha value is -1.56. The van der Waals surface area contributed by atoms with E-state index in [0.717, 1.165) is 15.7 Å². The van der Waals surface area contributed by atoms with E-state index in [-0.39, 0.29) is 23.9 Å². The highest BCUT2D eigenvalue weighted by Crippen LogP contribution is 2.48. The van der Waals surface area contributed by atoms with Crippen molar-refractivity contribution in [3.63, 3.8) is 0 Å². The largest absolute Gasteiger partial charge is 0.485 e. The number of halogens is 1. The number of aryl methyl sites for hydroxylation is 3. The summed E-state index contributed by atoms with van der Waals surface area (Å²) in [6.07, 6.45) is 3.25. The number of ether oxygens (including phenoxy) is 2. The van der Waals surface area contributed by atoms with Crippen molar-refractivity contribution in [3.8, 4) is 5.75 Å². The third-order valence-corrected chi connectivity index (χ3v) is 7.34. The zero-order valence-electron chi connectivity index (χ0n) is 18.9. The first-order valence-electron chi connectivity index (χ1n) is 10.9. The molecule has 0 N–H and O–H groups in total. The first kappa shape index (κ1) is 23.1. The molecular formula is C26H33IO3. The normalized spacial score (nSPS) is 16.6. The van der Waals surface area contributed by atoms with Crippen molar-refractivity contribution in [2.24, 2.45) is 11.8 Å². The smallest absolute Gasteiger partial charge is 0.309 e. The zero-order valence-corrected chi connectivity index (χ0v) is 21.1. The molecule has 0 saturated heterocycles. The third kappa shape index (κ3) is 5.01. The van der Waals surface area contributed by atoms with Crippen molar-refractivity contribution in [3.05, 3.63) is 61.7 Å².